The number of amides is 1. The van der Waals surface area contributed by atoms with Crippen molar-refractivity contribution >= 4 is 17.7 Å². The van der Waals surface area contributed by atoms with Crippen LogP contribution >= 0.6 is 11.8 Å². The number of carbonyl (C=O) groups is 1. The predicted octanol–water partition coefficient (Wildman–Crippen LogP) is 3.21. The Bertz CT molecular complexity index is 460. The first kappa shape index (κ1) is 16.4. The van der Waals surface area contributed by atoms with E-state index in [1.165, 1.54) is 11.1 Å². The number of hydrogen-bond acceptors (Lipinski definition) is 3. The molecule has 2 rings (SSSR count). The largest absolute Gasteiger partial charge is 0.319 e. The summed E-state index contributed by atoms with van der Waals surface area (Å²) in [5.74, 6) is 2.47. The molecule has 1 fully saturated rings. The van der Waals surface area contributed by atoms with E-state index in [1.54, 1.807) is 0 Å². The Hall–Kier alpha value is -1.00. The summed E-state index contributed by atoms with van der Waals surface area (Å²) in [6.45, 7) is 6.95. The number of benzene rings is 1. The van der Waals surface area contributed by atoms with Crippen LogP contribution in [0.5, 0.6) is 0 Å². The van der Waals surface area contributed by atoms with Gasteiger partial charge in [-0.25, -0.2) is 0 Å². The van der Waals surface area contributed by atoms with Gasteiger partial charge in [0.25, 0.3) is 0 Å². The minimum atomic E-state index is 0.0324. The summed E-state index contributed by atoms with van der Waals surface area (Å²) < 4.78 is 0. The molecule has 2 unspecified atom stereocenters. The lowest BCUT2D eigenvalue weighted by Crippen LogP contribution is -2.38. The van der Waals surface area contributed by atoms with E-state index in [4.69, 9.17) is 0 Å². The van der Waals surface area contributed by atoms with Gasteiger partial charge in [-0.05, 0) is 42.4 Å². The molecule has 0 aliphatic carbocycles. The van der Waals surface area contributed by atoms with E-state index in [9.17, 15) is 4.79 Å². The van der Waals surface area contributed by atoms with Crippen molar-refractivity contribution in [3.63, 3.8) is 0 Å². The van der Waals surface area contributed by atoms with Crippen molar-refractivity contribution in [1.29, 1.82) is 0 Å². The number of nitrogens with zero attached hydrogens (tertiary/aromatic N) is 1. The van der Waals surface area contributed by atoms with Crippen LogP contribution < -0.4 is 5.32 Å². The zero-order chi connectivity index (χ0) is 15.2. The SMILES string of the molecule is CCSCCC(C)N1C(=O)CNC1c1ccc(CC)cc1. The second-order valence-corrected chi connectivity index (χ2v) is 6.91. The Morgan fingerprint density at radius 1 is 1.33 bits per heavy atom. The predicted molar refractivity (Wildman–Crippen MR) is 90.5 cm³/mol. The van der Waals surface area contributed by atoms with Crippen LogP contribution in [0.2, 0.25) is 0 Å². The Morgan fingerprint density at radius 2 is 2.05 bits per heavy atom. The first-order chi connectivity index (χ1) is 10.2. The van der Waals surface area contributed by atoms with Crippen molar-refractivity contribution in [3.8, 4) is 0 Å². The third-order valence-corrected chi connectivity index (χ3v) is 5.01. The molecule has 1 N–H and O–H groups in total. The lowest BCUT2D eigenvalue weighted by molar-refractivity contribution is -0.130. The number of thioether (sulfide) groups is 1. The highest BCUT2D eigenvalue weighted by molar-refractivity contribution is 7.99. The minimum Gasteiger partial charge on any atom is -0.319 e. The van der Waals surface area contributed by atoms with Crippen LogP contribution in [0.3, 0.4) is 0 Å². The van der Waals surface area contributed by atoms with Gasteiger partial charge in [-0.3, -0.25) is 10.1 Å². The zero-order valence-corrected chi connectivity index (χ0v) is 14.1. The number of aryl methyl sites for hydroxylation is 1. The maximum atomic E-state index is 12.2. The van der Waals surface area contributed by atoms with Gasteiger partial charge >= 0.3 is 0 Å². The van der Waals surface area contributed by atoms with Crippen LogP contribution in [0.25, 0.3) is 0 Å². The highest BCUT2D eigenvalue weighted by atomic mass is 32.2. The summed E-state index contributed by atoms with van der Waals surface area (Å²) in [7, 11) is 0. The third-order valence-electron chi connectivity index (χ3n) is 4.08. The molecule has 0 radical (unpaired) electrons. The quantitative estimate of drug-likeness (QED) is 0.785. The van der Waals surface area contributed by atoms with Crippen molar-refractivity contribution in [3.05, 3.63) is 35.4 Å². The molecule has 2 atom stereocenters. The first-order valence-electron chi connectivity index (χ1n) is 7.88. The van der Waals surface area contributed by atoms with Crippen LogP contribution in [0.15, 0.2) is 24.3 Å². The number of carbonyl (C=O) groups excluding carboxylic acids is 1. The lowest BCUT2D eigenvalue weighted by atomic mass is 10.1. The molecular weight excluding hydrogens is 280 g/mol. The highest BCUT2D eigenvalue weighted by Crippen LogP contribution is 2.26. The molecule has 1 saturated heterocycles. The van der Waals surface area contributed by atoms with Crippen molar-refractivity contribution in [2.24, 2.45) is 0 Å². The van der Waals surface area contributed by atoms with E-state index in [1.807, 2.05) is 16.7 Å². The standard InChI is InChI=1S/C17H26N2OS/c1-4-14-6-8-15(9-7-14)17-18-12-16(20)19(17)13(3)10-11-21-5-2/h6-9,13,17-18H,4-5,10-12H2,1-3H3. The summed E-state index contributed by atoms with van der Waals surface area (Å²) in [6, 6.07) is 8.90. The lowest BCUT2D eigenvalue weighted by Gasteiger charge is -2.31. The van der Waals surface area contributed by atoms with Crippen molar-refractivity contribution in [2.75, 3.05) is 18.1 Å². The topological polar surface area (TPSA) is 32.3 Å². The van der Waals surface area contributed by atoms with Gasteiger partial charge in [0.05, 0.1) is 6.54 Å². The van der Waals surface area contributed by atoms with Crippen molar-refractivity contribution in [2.45, 2.75) is 45.8 Å². The fourth-order valence-electron chi connectivity index (χ4n) is 2.77. The van der Waals surface area contributed by atoms with E-state index < -0.39 is 0 Å². The zero-order valence-electron chi connectivity index (χ0n) is 13.3. The Kier molecular flexibility index (Phi) is 6.12. The van der Waals surface area contributed by atoms with Gasteiger partial charge in [0.2, 0.25) is 5.91 Å². The van der Waals surface area contributed by atoms with Crippen LogP contribution in [-0.4, -0.2) is 34.9 Å². The van der Waals surface area contributed by atoms with Gasteiger partial charge in [-0.1, -0.05) is 38.1 Å². The number of nitrogens with one attached hydrogen (secondary N) is 1. The molecule has 4 heteroatoms. The van der Waals surface area contributed by atoms with Crippen LogP contribution in [0, 0.1) is 0 Å². The van der Waals surface area contributed by atoms with E-state index >= 15 is 0 Å². The smallest absolute Gasteiger partial charge is 0.238 e. The molecule has 116 valence electrons. The first-order valence-corrected chi connectivity index (χ1v) is 9.04. The molecule has 1 amide bonds. The molecule has 0 bridgehead atoms. The maximum absolute atomic E-state index is 12.2. The van der Waals surface area contributed by atoms with Crippen molar-refractivity contribution < 1.29 is 4.79 Å². The molecular formula is C17H26N2OS. The molecule has 3 nitrogen and oxygen atoms in total. The van der Waals surface area contributed by atoms with Crippen LogP contribution in [-0.2, 0) is 11.2 Å². The monoisotopic (exact) mass is 306 g/mol. The normalized spacial score (nSPS) is 20.0. The van der Waals surface area contributed by atoms with Crippen molar-refractivity contribution in [1.82, 2.24) is 10.2 Å². The molecule has 1 aromatic rings. The molecule has 1 heterocycles. The summed E-state index contributed by atoms with van der Waals surface area (Å²) in [5.41, 5.74) is 2.52. The fourth-order valence-corrected chi connectivity index (χ4v) is 3.57. The molecule has 0 aromatic heterocycles. The second-order valence-electron chi connectivity index (χ2n) is 5.51. The summed E-state index contributed by atoms with van der Waals surface area (Å²) in [5, 5.41) is 3.35. The second kappa shape index (κ2) is 7.85. The number of rotatable bonds is 7. The Morgan fingerprint density at radius 3 is 2.67 bits per heavy atom. The van der Waals surface area contributed by atoms with Gasteiger partial charge in [-0.15, -0.1) is 0 Å². The minimum absolute atomic E-state index is 0.0324. The summed E-state index contributed by atoms with van der Waals surface area (Å²) in [4.78, 5) is 14.2. The van der Waals surface area contributed by atoms with Gasteiger partial charge in [-0.2, -0.15) is 11.8 Å². The highest BCUT2D eigenvalue weighted by Gasteiger charge is 2.34. The molecule has 0 spiro atoms. The molecule has 1 aliphatic heterocycles. The van der Waals surface area contributed by atoms with Gasteiger partial charge < -0.3 is 4.90 Å². The van der Waals surface area contributed by atoms with Crippen LogP contribution in [0.4, 0.5) is 0 Å². The Labute approximate surface area is 132 Å². The van der Waals surface area contributed by atoms with Gasteiger partial charge in [0.1, 0.15) is 6.17 Å². The average molecular weight is 306 g/mol. The van der Waals surface area contributed by atoms with E-state index in [0.717, 1.165) is 24.3 Å². The molecule has 1 aliphatic rings. The average Bonchev–Trinajstić information content (AvgIpc) is 2.89. The number of hydrogen-bond donors (Lipinski definition) is 1. The molecule has 21 heavy (non-hydrogen) atoms. The van der Waals surface area contributed by atoms with E-state index in [2.05, 4.69) is 50.4 Å². The molecule has 0 saturated carbocycles. The maximum Gasteiger partial charge on any atom is 0.238 e. The van der Waals surface area contributed by atoms with Gasteiger partial charge in [0, 0.05) is 6.04 Å². The Balaban J connectivity index is 2.07. The van der Waals surface area contributed by atoms with Crippen LogP contribution in [0.1, 0.15) is 44.5 Å². The third kappa shape index (κ3) is 4.01. The van der Waals surface area contributed by atoms with E-state index in [0.29, 0.717) is 6.54 Å². The molecule has 1 aromatic carbocycles. The van der Waals surface area contributed by atoms with E-state index in [-0.39, 0.29) is 18.1 Å². The fraction of sp³-hybridized carbons (Fsp3) is 0.588. The summed E-state index contributed by atoms with van der Waals surface area (Å²) >= 11 is 1.94. The summed E-state index contributed by atoms with van der Waals surface area (Å²) in [6.07, 6.45) is 2.13. The van der Waals surface area contributed by atoms with Gasteiger partial charge in [0.15, 0.2) is 0 Å².